The molecule has 1 saturated carbocycles. The molecule has 0 amide bonds. The minimum Gasteiger partial charge on any atom is -0.393 e. The van der Waals surface area contributed by atoms with Gasteiger partial charge in [0.25, 0.3) is 0 Å². The molecule has 0 atom stereocenters. The monoisotopic (exact) mass is 312 g/mol. The van der Waals surface area contributed by atoms with E-state index in [0.717, 1.165) is 12.0 Å². The standard InChI is InChI=1S/C14H20N2O2S2/c15-14(19)10-12-4-6-13(7-5-12)20(17,18)16-9-8-11-2-1-3-11/h4-7,11,16H,1-3,8-10H2,(H2,15,19). The fraction of sp³-hybridized carbons (Fsp3) is 0.500. The maximum absolute atomic E-state index is 12.1. The number of hydrogen-bond donors (Lipinski definition) is 2. The lowest BCUT2D eigenvalue weighted by Crippen LogP contribution is -2.27. The summed E-state index contributed by atoms with van der Waals surface area (Å²) in [5.74, 6) is 0.700. The number of benzene rings is 1. The topological polar surface area (TPSA) is 72.2 Å². The molecule has 20 heavy (non-hydrogen) atoms. The quantitative estimate of drug-likeness (QED) is 0.755. The van der Waals surface area contributed by atoms with E-state index in [0.29, 0.717) is 23.9 Å². The van der Waals surface area contributed by atoms with Gasteiger partial charge in [-0.05, 0) is 30.0 Å². The highest BCUT2D eigenvalue weighted by atomic mass is 32.2. The molecule has 1 aliphatic rings. The molecule has 0 spiro atoms. The van der Waals surface area contributed by atoms with Crippen LogP contribution in [-0.2, 0) is 16.4 Å². The maximum atomic E-state index is 12.1. The fourth-order valence-electron chi connectivity index (χ4n) is 2.25. The molecular weight excluding hydrogens is 292 g/mol. The Morgan fingerprint density at radius 1 is 1.30 bits per heavy atom. The average Bonchev–Trinajstić information content (AvgIpc) is 2.32. The number of nitrogens with one attached hydrogen (secondary N) is 1. The lowest BCUT2D eigenvalue weighted by molar-refractivity contribution is 0.297. The van der Waals surface area contributed by atoms with Crippen molar-refractivity contribution >= 4 is 27.2 Å². The van der Waals surface area contributed by atoms with Gasteiger partial charge in [-0.15, -0.1) is 0 Å². The molecule has 6 heteroatoms. The highest BCUT2D eigenvalue weighted by molar-refractivity contribution is 7.89. The lowest BCUT2D eigenvalue weighted by Gasteiger charge is -2.25. The van der Waals surface area contributed by atoms with Crippen molar-refractivity contribution in [3.63, 3.8) is 0 Å². The molecule has 2 rings (SSSR count). The van der Waals surface area contributed by atoms with E-state index in [1.54, 1.807) is 24.3 Å². The van der Waals surface area contributed by atoms with E-state index >= 15 is 0 Å². The first-order valence-electron chi connectivity index (χ1n) is 6.84. The molecule has 0 aromatic heterocycles. The van der Waals surface area contributed by atoms with Gasteiger partial charge in [-0.3, -0.25) is 0 Å². The maximum Gasteiger partial charge on any atom is 0.240 e. The highest BCUT2D eigenvalue weighted by Crippen LogP contribution is 2.28. The first kappa shape index (κ1) is 15.4. The van der Waals surface area contributed by atoms with Crippen molar-refractivity contribution < 1.29 is 8.42 Å². The van der Waals surface area contributed by atoms with Gasteiger partial charge in [0.1, 0.15) is 0 Å². The second-order valence-corrected chi connectivity index (χ2v) is 7.56. The second-order valence-electron chi connectivity index (χ2n) is 5.27. The Hall–Kier alpha value is -0.980. The van der Waals surface area contributed by atoms with Crippen LogP contribution in [0, 0.1) is 5.92 Å². The molecule has 0 saturated heterocycles. The van der Waals surface area contributed by atoms with Crippen LogP contribution in [0.4, 0.5) is 0 Å². The summed E-state index contributed by atoms with van der Waals surface area (Å²) < 4.78 is 26.8. The minimum absolute atomic E-state index is 0.290. The Balaban J connectivity index is 1.92. The SMILES string of the molecule is NC(=S)Cc1ccc(S(=O)(=O)NCCC2CCC2)cc1. The summed E-state index contributed by atoms with van der Waals surface area (Å²) in [5, 5.41) is 0. The van der Waals surface area contributed by atoms with Crippen LogP contribution in [-0.4, -0.2) is 20.0 Å². The van der Waals surface area contributed by atoms with Gasteiger partial charge in [-0.1, -0.05) is 43.6 Å². The first-order valence-corrected chi connectivity index (χ1v) is 8.73. The highest BCUT2D eigenvalue weighted by Gasteiger charge is 2.19. The molecule has 0 unspecified atom stereocenters. The predicted octanol–water partition coefficient (Wildman–Crippen LogP) is 1.98. The van der Waals surface area contributed by atoms with Crippen LogP contribution in [0.1, 0.15) is 31.2 Å². The van der Waals surface area contributed by atoms with Gasteiger partial charge in [-0.25, -0.2) is 13.1 Å². The smallest absolute Gasteiger partial charge is 0.240 e. The first-order chi connectivity index (χ1) is 9.47. The molecule has 1 fully saturated rings. The Bertz CT molecular complexity index is 563. The largest absolute Gasteiger partial charge is 0.393 e. The molecule has 3 N–H and O–H groups in total. The third-order valence-corrected chi connectivity index (χ3v) is 5.30. The van der Waals surface area contributed by atoms with Crippen molar-refractivity contribution in [2.24, 2.45) is 11.7 Å². The van der Waals surface area contributed by atoms with Crippen molar-refractivity contribution in [2.45, 2.75) is 37.0 Å². The molecule has 0 bridgehead atoms. The molecule has 0 aliphatic heterocycles. The van der Waals surface area contributed by atoms with Crippen LogP contribution in [0.25, 0.3) is 0 Å². The molecule has 4 nitrogen and oxygen atoms in total. The van der Waals surface area contributed by atoms with E-state index < -0.39 is 10.0 Å². The Labute approximate surface area is 125 Å². The van der Waals surface area contributed by atoms with E-state index in [2.05, 4.69) is 4.72 Å². The summed E-state index contributed by atoms with van der Waals surface area (Å²) in [6.45, 7) is 0.516. The summed E-state index contributed by atoms with van der Waals surface area (Å²) in [7, 11) is -3.40. The second kappa shape index (κ2) is 6.65. The zero-order valence-corrected chi connectivity index (χ0v) is 13.0. The molecule has 0 radical (unpaired) electrons. The van der Waals surface area contributed by atoms with E-state index in [1.807, 2.05) is 0 Å². The molecule has 1 aromatic carbocycles. The van der Waals surface area contributed by atoms with Crippen LogP contribution >= 0.6 is 12.2 Å². The predicted molar refractivity (Wildman–Crippen MR) is 84.1 cm³/mol. The zero-order chi connectivity index (χ0) is 14.6. The van der Waals surface area contributed by atoms with Crippen molar-refractivity contribution in [3.05, 3.63) is 29.8 Å². The molecule has 110 valence electrons. The van der Waals surface area contributed by atoms with Crippen LogP contribution in [0.2, 0.25) is 0 Å². The van der Waals surface area contributed by atoms with Crippen molar-refractivity contribution in [1.29, 1.82) is 0 Å². The number of thiocarbonyl (C=S) groups is 1. The summed E-state index contributed by atoms with van der Waals surface area (Å²) >= 11 is 4.83. The number of nitrogens with two attached hydrogens (primary N) is 1. The van der Waals surface area contributed by atoms with Gasteiger partial charge in [0.15, 0.2) is 0 Å². The van der Waals surface area contributed by atoms with Crippen molar-refractivity contribution in [2.75, 3.05) is 6.54 Å². The van der Waals surface area contributed by atoms with Gasteiger partial charge in [0.2, 0.25) is 10.0 Å². The van der Waals surface area contributed by atoms with Crippen LogP contribution in [0.15, 0.2) is 29.2 Å². The Morgan fingerprint density at radius 2 is 1.95 bits per heavy atom. The Kier molecular flexibility index (Phi) is 5.12. The van der Waals surface area contributed by atoms with E-state index in [4.69, 9.17) is 18.0 Å². The van der Waals surface area contributed by atoms with Crippen molar-refractivity contribution in [1.82, 2.24) is 4.72 Å². The van der Waals surface area contributed by atoms with Crippen LogP contribution in [0.3, 0.4) is 0 Å². The van der Waals surface area contributed by atoms with Crippen LogP contribution in [0.5, 0.6) is 0 Å². The van der Waals surface area contributed by atoms with Crippen molar-refractivity contribution in [3.8, 4) is 0 Å². The van der Waals surface area contributed by atoms with Gasteiger partial charge < -0.3 is 5.73 Å². The number of hydrogen-bond acceptors (Lipinski definition) is 3. The third-order valence-electron chi connectivity index (χ3n) is 3.68. The van der Waals surface area contributed by atoms with Gasteiger partial charge in [-0.2, -0.15) is 0 Å². The summed E-state index contributed by atoms with van der Waals surface area (Å²) in [6, 6.07) is 6.69. The zero-order valence-electron chi connectivity index (χ0n) is 11.3. The van der Waals surface area contributed by atoms with E-state index in [9.17, 15) is 8.42 Å². The summed E-state index contributed by atoms with van der Waals surface area (Å²) in [5.41, 5.74) is 6.38. The summed E-state index contributed by atoms with van der Waals surface area (Å²) in [6.07, 6.45) is 5.16. The summed E-state index contributed by atoms with van der Waals surface area (Å²) in [4.78, 5) is 0.692. The third kappa shape index (κ3) is 4.26. The van der Waals surface area contributed by atoms with Gasteiger partial charge in [0, 0.05) is 13.0 Å². The fourth-order valence-corrected chi connectivity index (χ4v) is 3.46. The Morgan fingerprint density at radius 3 is 2.45 bits per heavy atom. The van der Waals surface area contributed by atoms with E-state index in [1.165, 1.54) is 19.3 Å². The molecule has 0 heterocycles. The normalized spacial score (nSPS) is 15.8. The molecule has 1 aliphatic carbocycles. The van der Waals surface area contributed by atoms with Gasteiger partial charge in [0.05, 0.1) is 9.88 Å². The molecule has 1 aromatic rings. The lowest BCUT2D eigenvalue weighted by atomic mass is 9.83. The average molecular weight is 312 g/mol. The number of rotatable bonds is 7. The minimum atomic E-state index is -3.40. The van der Waals surface area contributed by atoms with Crippen LogP contribution < -0.4 is 10.5 Å². The number of sulfonamides is 1. The van der Waals surface area contributed by atoms with Gasteiger partial charge >= 0.3 is 0 Å². The van der Waals surface area contributed by atoms with E-state index in [-0.39, 0.29) is 4.90 Å². The molecular formula is C14H20N2O2S2.